The molecule has 6 heteroatoms. The van der Waals surface area contributed by atoms with Crippen LogP contribution in [0.1, 0.15) is 35.3 Å². The van der Waals surface area contributed by atoms with Crippen LogP contribution in [0.15, 0.2) is 42.5 Å². The van der Waals surface area contributed by atoms with E-state index in [0.29, 0.717) is 24.4 Å². The topological polar surface area (TPSA) is 79.5 Å². The molecule has 0 aliphatic rings. The molecule has 0 saturated heterocycles. The minimum absolute atomic E-state index is 0.0565. The van der Waals surface area contributed by atoms with E-state index < -0.39 is 0 Å². The summed E-state index contributed by atoms with van der Waals surface area (Å²) >= 11 is 0. The first kappa shape index (κ1) is 20.3. The Hall–Kier alpha value is -3.02. The zero-order chi connectivity index (χ0) is 19.8. The average molecular weight is 369 g/mol. The van der Waals surface area contributed by atoms with Gasteiger partial charge < -0.3 is 20.7 Å². The number of anilines is 1. The van der Waals surface area contributed by atoms with E-state index in [4.69, 9.17) is 4.74 Å². The fourth-order valence-corrected chi connectivity index (χ4v) is 2.59. The van der Waals surface area contributed by atoms with Crippen molar-refractivity contribution in [2.75, 3.05) is 18.5 Å². The number of ether oxygens (including phenoxy) is 1. The van der Waals surface area contributed by atoms with Crippen molar-refractivity contribution in [1.29, 1.82) is 0 Å². The summed E-state index contributed by atoms with van der Waals surface area (Å²) in [7, 11) is 0. The highest BCUT2D eigenvalue weighted by Crippen LogP contribution is 2.16. The second-order valence-corrected chi connectivity index (χ2v) is 6.76. The largest absolute Gasteiger partial charge is 0.492 e. The van der Waals surface area contributed by atoms with E-state index in [-0.39, 0.29) is 18.0 Å². The van der Waals surface area contributed by atoms with Gasteiger partial charge >= 0.3 is 6.03 Å². The van der Waals surface area contributed by atoms with Crippen LogP contribution in [0.4, 0.5) is 10.5 Å². The number of carbonyl (C=O) groups is 2. The van der Waals surface area contributed by atoms with Gasteiger partial charge in [0, 0.05) is 17.3 Å². The van der Waals surface area contributed by atoms with Crippen molar-refractivity contribution in [3.8, 4) is 5.75 Å². The van der Waals surface area contributed by atoms with Crippen molar-refractivity contribution >= 4 is 17.6 Å². The second-order valence-electron chi connectivity index (χ2n) is 6.76. The van der Waals surface area contributed by atoms with Crippen LogP contribution in [0, 0.1) is 13.8 Å². The molecule has 0 aliphatic heterocycles. The molecule has 0 atom stereocenters. The van der Waals surface area contributed by atoms with Gasteiger partial charge in [0.05, 0.1) is 6.54 Å². The molecule has 0 saturated carbocycles. The third-order valence-corrected chi connectivity index (χ3v) is 3.68. The van der Waals surface area contributed by atoms with Crippen LogP contribution in [0.2, 0.25) is 0 Å². The van der Waals surface area contributed by atoms with Gasteiger partial charge in [-0.05, 0) is 75.2 Å². The van der Waals surface area contributed by atoms with Gasteiger partial charge in [0.2, 0.25) is 0 Å². The molecule has 2 aromatic carbocycles. The lowest BCUT2D eigenvalue weighted by Gasteiger charge is -2.11. The third kappa shape index (κ3) is 7.01. The number of urea groups is 1. The van der Waals surface area contributed by atoms with Crippen LogP contribution in [-0.2, 0) is 0 Å². The standard InChI is InChI=1S/C21H27N3O3/c1-14(2)23-21(26)24-18-7-5-17(6-8-18)20(25)22-9-10-27-19-12-15(3)11-16(4)13-19/h5-8,11-14H,9-10H2,1-4H3,(H,22,25)(H2,23,24,26). The normalized spacial score (nSPS) is 10.4. The van der Waals surface area contributed by atoms with E-state index in [2.05, 4.69) is 22.0 Å². The van der Waals surface area contributed by atoms with Crippen molar-refractivity contribution in [1.82, 2.24) is 10.6 Å². The number of hydrogen-bond donors (Lipinski definition) is 3. The number of benzene rings is 2. The highest BCUT2D eigenvalue weighted by Gasteiger charge is 2.07. The number of amides is 3. The van der Waals surface area contributed by atoms with Gasteiger partial charge in [-0.2, -0.15) is 0 Å². The fourth-order valence-electron chi connectivity index (χ4n) is 2.59. The van der Waals surface area contributed by atoms with Gasteiger partial charge in [-0.1, -0.05) is 6.07 Å². The van der Waals surface area contributed by atoms with Gasteiger partial charge in [-0.25, -0.2) is 4.79 Å². The molecule has 0 unspecified atom stereocenters. The first-order valence-corrected chi connectivity index (χ1v) is 9.00. The maximum absolute atomic E-state index is 12.2. The zero-order valence-corrected chi connectivity index (χ0v) is 16.3. The third-order valence-electron chi connectivity index (χ3n) is 3.68. The number of nitrogens with one attached hydrogen (secondary N) is 3. The maximum atomic E-state index is 12.2. The van der Waals surface area contributed by atoms with E-state index >= 15 is 0 Å². The van der Waals surface area contributed by atoms with Gasteiger partial charge in [-0.3, -0.25) is 4.79 Å². The van der Waals surface area contributed by atoms with Gasteiger partial charge in [0.25, 0.3) is 5.91 Å². The highest BCUT2D eigenvalue weighted by atomic mass is 16.5. The second kappa shape index (κ2) is 9.62. The molecule has 2 aromatic rings. The predicted molar refractivity (Wildman–Crippen MR) is 107 cm³/mol. The minimum Gasteiger partial charge on any atom is -0.492 e. The molecule has 144 valence electrons. The molecule has 0 heterocycles. The summed E-state index contributed by atoms with van der Waals surface area (Å²) in [5.74, 6) is 0.619. The number of hydrogen-bond acceptors (Lipinski definition) is 3. The minimum atomic E-state index is -0.272. The monoisotopic (exact) mass is 369 g/mol. The van der Waals surface area contributed by atoms with E-state index in [9.17, 15) is 9.59 Å². The molecule has 0 spiro atoms. The molecule has 27 heavy (non-hydrogen) atoms. The molecule has 0 bridgehead atoms. The van der Waals surface area contributed by atoms with Gasteiger partial charge in [-0.15, -0.1) is 0 Å². The van der Waals surface area contributed by atoms with Crippen molar-refractivity contribution in [2.45, 2.75) is 33.7 Å². The van der Waals surface area contributed by atoms with Crippen molar-refractivity contribution < 1.29 is 14.3 Å². The molecule has 0 aliphatic carbocycles. The molecule has 0 fully saturated rings. The van der Waals surface area contributed by atoms with E-state index in [1.165, 1.54) is 0 Å². The Balaban J connectivity index is 1.77. The zero-order valence-electron chi connectivity index (χ0n) is 16.3. The quantitative estimate of drug-likeness (QED) is 0.652. The van der Waals surface area contributed by atoms with Gasteiger partial charge in [0.15, 0.2) is 0 Å². The molecule has 0 radical (unpaired) electrons. The molecule has 2 rings (SSSR count). The molecule has 6 nitrogen and oxygen atoms in total. The Kier molecular flexibility index (Phi) is 7.23. The first-order valence-electron chi connectivity index (χ1n) is 9.00. The Morgan fingerprint density at radius 3 is 2.22 bits per heavy atom. The summed E-state index contributed by atoms with van der Waals surface area (Å²) in [4.78, 5) is 23.8. The predicted octanol–water partition coefficient (Wildman–Crippen LogP) is 3.64. The molecule has 0 aromatic heterocycles. The van der Waals surface area contributed by atoms with Crippen LogP contribution < -0.4 is 20.7 Å². The Morgan fingerprint density at radius 1 is 1.00 bits per heavy atom. The van der Waals surface area contributed by atoms with Crippen LogP contribution >= 0.6 is 0 Å². The molecule has 3 N–H and O–H groups in total. The highest BCUT2D eigenvalue weighted by molar-refractivity contribution is 5.95. The summed E-state index contributed by atoms with van der Waals surface area (Å²) in [6, 6.07) is 12.5. The van der Waals surface area contributed by atoms with Crippen molar-refractivity contribution in [2.24, 2.45) is 0 Å². The Labute approximate surface area is 160 Å². The van der Waals surface area contributed by atoms with Crippen molar-refractivity contribution in [3.63, 3.8) is 0 Å². The van der Waals surface area contributed by atoms with E-state index in [0.717, 1.165) is 16.9 Å². The first-order chi connectivity index (χ1) is 12.8. The summed E-state index contributed by atoms with van der Waals surface area (Å²) in [5, 5.41) is 8.28. The lowest BCUT2D eigenvalue weighted by molar-refractivity contribution is 0.0947. The van der Waals surface area contributed by atoms with Gasteiger partial charge in [0.1, 0.15) is 12.4 Å². The van der Waals surface area contributed by atoms with Crippen LogP contribution in [0.25, 0.3) is 0 Å². The van der Waals surface area contributed by atoms with Crippen LogP contribution in [-0.4, -0.2) is 31.1 Å². The Bertz CT molecular complexity index is 766. The lowest BCUT2D eigenvalue weighted by Crippen LogP contribution is -2.34. The fraction of sp³-hybridized carbons (Fsp3) is 0.333. The Morgan fingerprint density at radius 2 is 1.63 bits per heavy atom. The van der Waals surface area contributed by atoms with Crippen LogP contribution in [0.5, 0.6) is 5.75 Å². The SMILES string of the molecule is Cc1cc(C)cc(OCCNC(=O)c2ccc(NC(=O)NC(C)C)cc2)c1. The lowest BCUT2D eigenvalue weighted by atomic mass is 10.1. The van der Waals surface area contributed by atoms with Crippen LogP contribution in [0.3, 0.4) is 0 Å². The summed E-state index contributed by atoms with van der Waals surface area (Å²) in [6.45, 7) is 8.61. The van der Waals surface area contributed by atoms with Crippen molar-refractivity contribution in [3.05, 3.63) is 59.2 Å². The number of aryl methyl sites for hydroxylation is 2. The number of carbonyl (C=O) groups excluding carboxylic acids is 2. The smallest absolute Gasteiger partial charge is 0.319 e. The summed E-state index contributed by atoms with van der Waals surface area (Å²) in [6.07, 6.45) is 0. The average Bonchev–Trinajstić information content (AvgIpc) is 2.57. The van der Waals surface area contributed by atoms with E-state index in [1.807, 2.05) is 39.8 Å². The molecule has 3 amide bonds. The van der Waals surface area contributed by atoms with E-state index in [1.54, 1.807) is 24.3 Å². The summed E-state index contributed by atoms with van der Waals surface area (Å²) in [5.41, 5.74) is 3.44. The number of rotatable bonds is 7. The maximum Gasteiger partial charge on any atom is 0.319 e. The molecular formula is C21H27N3O3. The summed E-state index contributed by atoms with van der Waals surface area (Å²) < 4.78 is 5.68. The molecular weight excluding hydrogens is 342 g/mol.